The Morgan fingerprint density at radius 3 is 2.79 bits per heavy atom. The summed E-state index contributed by atoms with van der Waals surface area (Å²) in [5.74, 6) is 6.49. The van der Waals surface area contributed by atoms with Crippen molar-refractivity contribution < 1.29 is 9.47 Å². The van der Waals surface area contributed by atoms with Crippen LogP contribution in [0, 0.1) is 6.92 Å². The number of hydrogen-bond acceptors (Lipinski definition) is 7. The topological polar surface area (TPSA) is 94.3 Å². The number of anilines is 2. The summed E-state index contributed by atoms with van der Waals surface area (Å²) < 4.78 is 10.3. The molecule has 0 spiro atoms. The first kappa shape index (κ1) is 15.6. The van der Waals surface area contributed by atoms with Crippen LogP contribution in [0.1, 0.15) is 18.5 Å². The van der Waals surface area contributed by atoms with Gasteiger partial charge < -0.3 is 14.8 Å². The van der Waals surface area contributed by atoms with Crippen molar-refractivity contribution in [1.29, 1.82) is 0 Å². The molecule has 0 radical (unpaired) electrons. The number of rotatable bonds is 10. The second-order valence-electron chi connectivity index (χ2n) is 4.10. The van der Waals surface area contributed by atoms with Crippen molar-refractivity contribution in [2.45, 2.75) is 19.8 Å². The van der Waals surface area contributed by atoms with Gasteiger partial charge in [-0.15, -0.1) is 0 Å². The summed E-state index contributed by atoms with van der Waals surface area (Å²) in [4.78, 5) is 8.32. The molecule has 0 aromatic carbocycles. The van der Waals surface area contributed by atoms with Crippen molar-refractivity contribution in [3.05, 3.63) is 11.8 Å². The Morgan fingerprint density at radius 1 is 1.21 bits per heavy atom. The first-order chi connectivity index (χ1) is 9.26. The Kier molecular flexibility index (Phi) is 7.80. The lowest BCUT2D eigenvalue weighted by Crippen LogP contribution is -2.13. The molecule has 0 aliphatic heterocycles. The monoisotopic (exact) mass is 269 g/mol. The molecule has 0 bridgehead atoms. The number of aryl methyl sites for hydroxylation is 1. The Morgan fingerprint density at radius 2 is 2.05 bits per heavy atom. The lowest BCUT2D eigenvalue weighted by Gasteiger charge is -2.08. The van der Waals surface area contributed by atoms with Crippen LogP contribution < -0.4 is 16.6 Å². The number of unbranched alkanes of at least 4 members (excludes halogenated alkanes) is 1. The molecule has 0 fully saturated rings. The van der Waals surface area contributed by atoms with Gasteiger partial charge in [-0.3, -0.25) is 5.43 Å². The van der Waals surface area contributed by atoms with Gasteiger partial charge in [-0.05, 0) is 19.8 Å². The van der Waals surface area contributed by atoms with Crippen molar-refractivity contribution in [3.8, 4) is 0 Å². The minimum absolute atomic E-state index is 0.422. The normalized spacial score (nSPS) is 10.5. The van der Waals surface area contributed by atoms with Crippen LogP contribution in [0.25, 0.3) is 0 Å². The fourth-order valence-electron chi connectivity index (χ4n) is 1.51. The average molecular weight is 269 g/mol. The van der Waals surface area contributed by atoms with E-state index in [0.29, 0.717) is 19.2 Å². The molecule has 1 heterocycles. The molecule has 1 rings (SSSR count). The van der Waals surface area contributed by atoms with Crippen LogP contribution >= 0.6 is 0 Å². The van der Waals surface area contributed by atoms with E-state index >= 15 is 0 Å². The van der Waals surface area contributed by atoms with Crippen LogP contribution in [0.3, 0.4) is 0 Å². The van der Waals surface area contributed by atoms with E-state index in [2.05, 4.69) is 20.7 Å². The third-order valence-corrected chi connectivity index (χ3v) is 2.44. The number of nitrogens with zero attached hydrogens (tertiary/aromatic N) is 2. The average Bonchev–Trinajstić information content (AvgIpc) is 2.41. The van der Waals surface area contributed by atoms with Gasteiger partial charge in [0, 0.05) is 32.0 Å². The predicted molar refractivity (Wildman–Crippen MR) is 75.0 cm³/mol. The third-order valence-electron chi connectivity index (χ3n) is 2.44. The first-order valence-electron chi connectivity index (χ1n) is 6.39. The summed E-state index contributed by atoms with van der Waals surface area (Å²) in [5, 5.41) is 3.24. The molecule has 0 saturated carbocycles. The highest BCUT2D eigenvalue weighted by molar-refractivity contribution is 5.41. The molecule has 7 nitrogen and oxygen atoms in total. The molecule has 1 aromatic heterocycles. The second-order valence-corrected chi connectivity index (χ2v) is 4.10. The van der Waals surface area contributed by atoms with E-state index in [1.807, 2.05) is 13.0 Å². The minimum atomic E-state index is 0.422. The van der Waals surface area contributed by atoms with E-state index in [4.69, 9.17) is 15.3 Å². The quantitative estimate of drug-likeness (QED) is 0.330. The van der Waals surface area contributed by atoms with Gasteiger partial charge in [0.2, 0.25) is 5.95 Å². The highest BCUT2D eigenvalue weighted by atomic mass is 16.5. The molecule has 7 heteroatoms. The summed E-state index contributed by atoms with van der Waals surface area (Å²) >= 11 is 0. The molecular formula is C12H23N5O2. The van der Waals surface area contributed by atoms with Crippen molar-refractivity contribution in [2.75, 3.05) is 44.2 Å². The zero-order valence-corrected chi connectivity index (χ0v) is 11.6. The van der Waals surface area contributed by atoms with Gasteiger partial charge in [0.05, 0.1) is 13.2 Å². The van der Waals surface area contributed by atoms with E-state index in [1.165, 1.54) is 0 Å². The van der Waals surface area contributed by atoms with Crippen molar-refractivity contribution in [2.24, 2.45) is 5.84 Å². The SMILES string of the molecule is COCCOCCCCNc1cc(C)nc(NN)n1. The number of nitrogens with one attached hydrogen (secondary N) is 2. The van der Waals surface area contributed by atoms with Gasteiger partial charge in [0.15, 0.2) is 0 Å². The number of hydrogen-bond donors (Lipinski definition) is 3. The first-order valence-corrected chi connectivity index (χ1v) is 6.39. The predicted octanol–water partition coefficient (Wildman–Crippen LogP) is 0.926. The van der Waals surface area contributed by atoms with Crippen LogP contribution in [-0.2, 0) is 9.47 Å². The molecular weight excluding hydrogens is 246 g/mol. The van der Waals surface area contributed by atoms with Crippen molar-refractivity contribution in [1.82, 2.24) is 9.97 Å². The van der Waals surface area contributed by atoms with E-state index in [0.717, 1.165) is 37.5 Å². The molecule has 108 valence electrons. The zero-order valence-electron chi connectivity index (χ0n) is 11.6. The maximum atomic E-state index is 5.38. The van der Waals surface area contributed by atoms with Gasteiger partial charge in [0.25, 0.3) is 0 Å². The summed E-state index contributed by atoms with van der Waals surface area (Å²) in [7, 11) is 1.67. The van der Waals surface area contributed by atoms with Gasteiger partial charge in [-0.1, -0.05) is 0 Å². The smallest absolute Gasteiger partial charge is 0.239 e. The Bertz CT molecular complexity index is 362. The van der Waals surface area contributed by atoms with E-state index in [-0.39, 0.29) is 0 Å². The van der Waals surface area contributed by atoms with Crippen LogP contribution in [0.5, 0.6) is 0 Å². The second kappa shape index (κ2) is 9.48. The summed E-state index contributed by atoms with van der Waals surface area (Å²) in [6.45, 7) is 4.79. The number of nitrogens with two attached hydrogens (primary N) is 1. The third kappa shape index (κ3) is 6.90. The molecule has 1 aromatic rings. The molecule has 0 atom stereocenters. The Hall–Kier alpha value is -1.44. The number of aromatic nitrogens is 2. The van der Waals surface area contributed by atoms with Crippen molar-refractivity contribution >= 4 is 11.8 Å². The Balaban J connectivity index is 2.13. The standard InChI is InChI=1S/C12H23N5O2/c1-10-9-11(16-12(15-10)17-13)14-5-3-4-6-19-8-7-18-2/h9H,3-8,13H2,1-2H3,(H2,14,15,16,17). The van der Waals surface area contributed by atoms with E-state index < -0.39 is 0 Å². The highest BCUT2D eigenvalue weighted by Gasteiger charge is 2.00. The number of methoxy groups -OCH3 is 1. The molecule has 0 aliphatic rings. The number of ether oxygens (including phenoxy) is 2. The van der Waals surface area contributed by atoms with Gasteiger partial charge in [-0.2, -0.15) is 4.98 Å². The van der Waals surface area contributed by atoms with E-state index in [9.17, 15) is 0 Å². The zero-order chi connectivity index (χ0) is 13.9. The van der Waals surface area contributed by atoms with E-state index in [1.54, 1.807) is 7.11 Å². The van der Waals surface area contributed by atoms with Gasteiger partial charge in [0.1, 0.15) is 5.82 Å². The molecule has 0 unspecified atom stereocenters. The molecule has 19 heavy (non-hydrogen) atoms. The van der Waals surface area contributed by atoms with Crippen molar-refractivity contribution in [3.63, 3.8) is 0 Å². The number of hydrazine groups is 1. The minimum Gasteiger partial charge on any atom is -0.382 e. The fraction of sp³-hybridized carbons (Fsp3) is 0.667. The van der Waals surface area contributed by atoms with Crippen LogP contribution in [-0.4, -0.2) is 43.4 Å². The largest absolute Gasteiger partial charge is 0.382 e. The highest BCUT2D eigenvalue weighted by Crippen LogP contribution is 2.08. The molecule has 4 N–H and O–H groups in total. The maximum absolute atomic E-state index is 5.38. The Labute approximate surface area is 113 Å². The number of nitrogen functional groups attached to an aromatic ring is 1. The lowest BCUT2D eigenvalue weighted by atomic mass is 10.3. The lowest BCUT2D eigenvalue weighted by molar-refractivity contribution is 0.0691. The van der Waals surface area contributed by atoms with Crippen LogP contribution in [0.2, 0.25) is 0 Å². The van der Waals surface area contributed by atoms with Gasteiger partial charge in [-0.25, -0.2) is 10.8 Å². The summed E-state index contributed by atoms with van der Waals surface area (Å²) in [6, 6.07) is 1.88. The molecule has 0 amide bonds. The van der Waals surface area contributed by atoms with Crippen LogP contribution in [0.15, 0.2) is 6.07 Å². The summed E-state index contributed by atoms with van der Waals surface area (Å²) in [5.41, 5.74) is 3.31. The fourth-order valence-corrected chi connectivity index (χ4v) is 1.51. The molecule has 0 aliphatic carbocycles. The maximum Gasteiger partial charge on any atom is 0.239 e. The molecule has 0 saturated heterocycles. The van der Waals surface area contributed by atoms with Crippen LogP contribution in [0.4, 0.5) is 11.8 Å². The summed E-state index contributed by atoms with van der Waals surface area (Å²) in [6.07, 6.45) is 2.02. The van der Waals surface area contributed by atoms with Gasteiger partial charge >= 0.3 is 0 Å².